The summed E-state index contributed by atoms with van der Waals surface area (Å²) in [6, 6.07) is 63.5. The lowest BCUT2D eigenvalue weighted by molar-refractivity contribution is 0.171. The molecule has 10 aliphatic carbocycles. The lowest BCUT2D eigenvalue weighted by Crippen LogP contribution is -2.22. The number of rotatable bonds is 0. The first-order chi connectivity index (χ1) is 65.3. The van der Waals surface area contributed by atoms with E-state index in [1.807, 2.05) is 341 Å². The summed E-state index contributed by atoms with van der Waals surface area (Å²) in [5.41, 5.74) is 12.3. The summed E-state index contributed by atoms with van der Waals surface area (Å²) >= 11 is 0. The Hall–Kier alpha value is -6.24. The molecule has 0 amide bonds. The molecule has 131 heavy (non-hydrogen) atoms. The maximum atomic E-state index is 2.27. The van der Waals surface area contributed by atoms with Crippen molar-refractivity contribution in [3.63, 3.8) is 0 Å². The zero-order valence-corrected chi connectivity index (χ0v) is 98.3. The van der Waals surface area contributed by atoms with E-state index >= 15 is 0 Å². The van der Waals surface area contributed by atoms with E-state index in [0.717, 1.165) is 18.3 Å². The average Bonchev–Trinajstić information content (AvgIpc) is 1.82. The minimum atomic E-state index is 1.12. The third kappa shape index (κ3) is 111. The minimum absolute atomic E-state index is 1.12. The highest BCUT2D eigenvalue weighted by atomic mass is 14.3. The topological polar surface area (TPSA) is 0 Å². The van der Waals surface area contributed by atoms with Gasteiger partial charge in [-0.05, 0) is 183 Å². The second-order valence-electron chi connectivity index (χ2n) is 25.5. The maximum Gasteiger partial charge on any atom is -0.00882 e. The van der Waals surface area contributed by atoms with Crippen LogP contribution in [-0.2, 0) is 44.9 Å². The van der Waals surface area contributed by atoms with Crippen LogP contribution in [0, 0.1) is 11.8 Å². The molecule has 770 valence electrons. The summed E-state index contributed by atoms with van der Waals surface area (Å²) in [6.45, 7) is 88.0. The van der Waals surface area contributed by atoms with Gasteiger partial charge in [0.15, 0.2) is 0 Å². The summed E-state index contributed by atoms with van der Waals surface area (Å²) in [7, 11) is 0. The molecule has 0 unspecified atom stereocenters. The smallest absolute Gasteiger partial charge is 0.00882 e. The number of allylic oxidation sites excluding steroid dienone is 7. The molecule has 0 nitrogen and oxygen atoms in total. The van der Waals surface area contributed by atoms with E-state index < -0.39 is 0 Å². The second-order valence-corrected chi connectivity index (χ2v) is 25.5. The highest BCUT2D eigenvalue weighted by Gasteiger charge is 2.27. The van der Waals surface area contributed by atoms with Crippen LogP contribution in [0.2, 0.25) is 0 Å². The lowest BCUT2D eigenvalue weighted by Gasteiger charge is -2.35. The van der Waals surface area contributed by atoms with Crippen LogP contribution < -0.4 is 0 Å². The molecule has 0 spiro atoms. The molecule has 7 aromatic rings. The molecule has 10 aliphatic rings. The van der Waals surface area contributed by atoms with Gasteiger partial charge in [-0.15, -0.1) is 0 Å². The van der Waals surface area contributed by atoms with E-state index in [9.17, 15) is 0 Å². The maximum absolute atomic E-state index is 2.27. The van der Waals surface area contributed by atoms with Crippen LogP contribution in [-0.4, -0.2) is 0 Å². The molecule has 0 radical (unpaired) electrons. The van der Waals surface area contributed by atoms with Crippen LogP contribution in [0.3, 0.4) is 0 Å². The Morgan fingerprint density at radius 3 is 0.527 bits per heavy atom. The molecule has 0 heterocycles. The molecule has 17 rings (SSSR count). The normalized spacial score (nSPS) is 13.6. The van der Waals surface area contributed by atoms with Gasteiger partial charge >= 0.3 is 0 Å². The Balaban J connectivity index is -0.0000000764. The zero-order chi connectivity index (χ0) is 104. The van der Waals surface area contributed by atoms with Crippen molar-refractivity contribution in [2.24, 2.45) is 11.8 Å². The number of hydrogen-bond donors (Lipinski definition) is 0. The highest BCUT2D eigenvalue weighted by molar-refractivity contribution is 5.82. The lowest BCUT2D eigenvalue weighted by atomic mass is 9.71. The molecule has 0 aliphatic heterocycles. The Bertz CT molecular complexity index is 2650. The van der Waals surface area contributed by atoms with Gasteiger partial charge < -0.3 is 0 Å². The molecule has 0 aromatic heterocycles. The quantitative estimate of drug-likeness (QED) is 0.133. The Labute approximate surface area is 834 Å². The van der Waals surface area contributed by atoms with Crippen LogP contribution >= 0.6 is 0 Å². The fourth-order valence-corrected chi connectivity index (χ4v) is 13.7. The third-order valence-electron chi connectivity index (χ3n) is 18.8. The first kappa shape index (κ1) is 162. The first-order valence-electron chi connectivity index (χ1n) is 57.7. The van der Waals surface area contributed by atoms with E-state index in [1.165, 1.54) is 227 Å². The number of aryl methyl sites for hydroxylation is 6. The van der Waals surface area contributed by atoms with Crippen LogP contribution in [0.5, 0.6) is 0 Å². The van der Waals surface area contributed by atoms with Gasteiger partial charge in [0.1, 0.15) is 0 Å². The zero-order valence-electron chi connectivity index (χ0n) is 98.3. The van der Waals surface area contributed by atoms with Crippen LogP contribution in [0.4, 0.5) is 0 Å². The van der Waals surface area contributed by atoms with E-state index in [0.29, 0.717) is 0 Å². The summed E-state index contributed by atoms with van der Waals surface area (Å²) in [5.74, 6) is 2.31. The second kappa shape index (κ2) is 170. The van der Waals surface area contributed by atoms with Crippen LogP contribution in [0.25, 0.3) is 16.8 Å². The van der Waals surface area contributed by atoms with E-state index in [1.54, 1.807) is 59.1 Å². The van der Waals surface area contributed by atoms with E-state index in [2.05, 4.69) is 194 Å². The minimum Gasteiger partial charge on any atom is -0.0885 e. The van der Waals surface area contributed by atoms with Gasteiger partial charge in [-0.3, -0.25) is 0 Å². The van der Waals surface area contributed by atoms with Gasteiger partial charge in [-0.25, -0.2) is 0 Å². The Morgan fingerprint density at radius 1 is 0.153 bits per heavy atom. The van der Waals surface area contributed by atoms with Gasteiger partial charge in [0.25, 0.3) is 0 Å². The number of hydrogen-bond acceptors (Lipinski definition) is 0. The van der Waals surface area contributed by atoms with Crippen molar-refractivity contribution < 1.29 is 0 Å². The summed E-state index contributed by atoms with van der Waals surface area (Å²) in [5, 5.41) is 2.62. The predicted molar refractivity (Wildman–Crippen MR) is 634 cm³/mol. The van der Waals surface area contributed by atoms with Gasteiger partial charge in [-0.2, -0.15) is 0 Å². The standard InChI is InChI=1S/C10H18.2C10H12.C10H8.C9H10.C9H8.C6H12.C6H10.C6H8.C6H6.C5H10.22C2H6/c4*1-2-6-10-8-4-3-7-9(10)5-1;2*1-2-5-9-7-3-6-8(9)4-1;4*1-2-4-6-5-3-1;1-2-4-5-3-1;22*1-2/h9-10H,1-8H2;2*1-2,5-6H,3-4,7-8H2;1-8H;1-2,4-5H,3,6-7H2;1-6H,7H2;1-6H2;1-2H,3-6H2;1-4H,5-6H2;1-6H;1-5H2;22*1-2H3. The average molecular weight is 1820 g/mol. The molecule has 0 heteroatoms. The van der Waals surface area contributed by atoms with Crippen molar-refractivity contribution in [3.05, 3.63) is 269 Å². The molecular weight excluding hydrogens is 1570 g/mol. The highest BCUT2D eigenvalue weighted by Crippen LogP contribution is 2.40. The van der Waals surface area contributed by atoms with Gasteiger partial charge in [0.2, 0.25) is 0 Å². The van der Waals surface area contributed by atoms with Crippen molar-refractivity contribution in [1.29, 1.82) is 0 Å². The molecule has 0 saturated heterocycles. The van der Waals surface area contributed by atoms with Gasteiger partial charge in [0, 0.05) is 0 Å². The predicted octanol–water partition coefficient (Wildman–Crippen LogP) is 48.3. The van der Waals surface area contributed by atoms with Crippen molar-refractivity contribution in [3.8, 4) is 0 Å². The van der Waals surface area contributed by atoms with E-state index in [-0.39, 0.29) is 0 Å². The first-order valence-corrected chi connectivity index (χ1v) is 57.7. The fraction of sp³-hybridized carbons (Fsp3) is 0.634. The molecular formula is C131H246. The SMILES string of the molecule is C1=CCCC=C1.C1=CCCCC1.C1=Cc2ccccc2C1.C1CCC2CCCCC2C1.C1CCCC1.C1CCCCC1.CC.CC.CC.CC.CC.CC.CC.CC.CC.CC.CC.CC.CC.CC.CC.CC.CC.CC.CC.CC.CC.CC.c1ccc2c(c1)CCC2.c1ccc2c(c1)CCCC2.c1ccc2c(c1)CCCC2.c1ccc2ccccc2c1.c1ccccc1. The molecule has 0 N–H and O–H groups in total. The largest absolute Gasteiger partial charge is 0.0885 e. The van der Waals surface area contributed by atoms with Crippen molar-refractivity contribution in [2.45, 2.75) is 542 Å². The summed E-state index contributed by atoms with van der Waals surface area (Å²) in [6.07, 6.45) is 70.1. The monoisotopic (exact) mass is 1820 g/mol. The van der Waals surface area contributed by atoms with Crippen molar-refractivity contribution in [1.82, 2.24) is 0 Å². The molecule has 0 atom stereocenters. The molecule has 7 aromatic carbocycles. The Morgan fingerprint density at radius 2 is 0.344 bits per heavy atom. The fourth-order valence-electron chi connectivity index (χ4n) is 13.7. The summed E-state index contributed by atoms with van der Waals surface area (Å²) in [4.78, 5) is 0. The summed E-state index contributed by atoms with van der Waals surface area (Å²) < 4.78 is 0. The van der Waals surface area contributed by atoms with E-state index in [4.69, 9.17) is 0 Å². The van der Waals surface area contributed by atoms with Crippen LogP contribution in [0.15, 0.2) is 225 Å². The third-order valence-corrected chi connectivity index (χ3v) is 18.8. The van der Waals surface area contributed by atoms with Crippen molar-refractivity contribution in [2.75, 3.05) is 0 Å². The van der Waals surface area contributed by atoms with Crippen LogP contribution in [0.1, 0.15) is 542 Å². The molecule has 0 bridgehead atoms. The van der Waals surface area contributed by atoms with Crippen molar-refractivity contribution >= 4 is 16.8 Å². The van der Waals surface area contributed by atoms with Gasteiger partial charge in [0.05, 0.1) is 0 Å². The number of benzene rings is 7. The number of fused-ring (bicyclic) bond motifs is 6. The molecule has 4 saturated carbocycles. The Kier molecular flexibility index (Phi) is 210. The molecule has 4 fully saturated rings. The van der Waals surface area contributed by atoms with Gasteiger partial charge in [-0.1, -0.05) is 657 Å².